The lowest BCUT2D eigenvalue weighted by atomic mass is 10.1. The quantitative estimate of drug-likeness (QED) is 0.798. The summed E-state index contributed by atoms with van der Waals surface area (Å²) in [6, 6.07) is 9.74. The first kappa shape index (κ1) is 18.1. The molecule has 0 saturated carbocycles. The van der Waals surface area contributed by atoms with Crippen molar-refractivity contribution < 1.29 is 23.9 Å². The van der Waals surface area contributed by atoms with Crippen molar-refractivity contribution in [3.63, 3.8) is 0 Å². The highest BCUT2D eigenvalue weighted by Gasteiger charge is 2.25. The van der Waals surface area contributed by atoms with E-state index >= 15 is 0 Å². The van der Waals surface area contributed by atoms with Crippen LogP contribution < -0.4 is 14.4 Å². The van der Waals surface area contributed by atoms with E-state index in [9.17, 15) is 4.79 Å². The molecule has 1 fully saturated rings. The number of hydrogen-bond donors (Lipinski definition) is 1. The number of ether oxygens (including phenoxy) is 3. The van der Waals surface area contributed by atoms with Crippen LogP contribution in [-0.2, 0) is 11.3 Å². The van der Waals surface area contributed by atoms with Gasteiger partial charge >= 0.3 is 0 Å². The van der Waals surface area contributed by atoms with Gasteiger partial charge in [-0.25, -0.2) is 0 Å². The first-order valence-electron chi connectivity index (χ1n) is 9.61. The monoisotopic (exact) mass is 371 g/mol. The number of aromatic nitrogens is 1. The summed E-state index contributed by atoms with van der Waals surface area (Å²) in [4.78, 5) is 14.1. The number of benzene rings is 1. The van der Waals surface area contributed by atoms with Gasteiger partial charge in [0.15, 0.2) is 17.6 Å². The maximum atomic E-state index is 12.8. The summed E-state index contributed by atoms with van der Waals surface area (Å²) in [6.07, 6.45) is -0.0717. The summed E-state index contributed by atoms with van der Waals surface area (Å²) < 4.78 is 19.5. The molecule has 1 aromatic heterocycles. The molecule has 1 N–H and O–H groups in total. The lowest BCUT2D eigenvalue weighted by Crippen LogP contribution is -3.14. The maximum Gasteiger partial charge on any atom is 0.218 e. The van der Waals surface area contributed by atoms with E-state index < -0.39 is 0 Å². The molecule has 1 aromatic carbocycles. The maximum absolute atomic E-state index is 12.8. The van der Waals surface area contributed by atoms with E-state index in [1.165, 1.54) is 4.90 Å². The Balaban J connectivity index is 1.45. The number of hydrogen-bond acceptors (Lipinski definition) is 4. The van der Waals surface area contributed by atoms with E-state index in [-0.39, 0.29) is 11.9 Å². The highest BCUT2D eigenvalue weighted by molar-refractivity contribution is 5.98. The fourth-order valence-electron chi connectivity index (χ4n) is 3.88. The van der Waals surface area contributed by atoms with Gasteiger partial charge in [0, 0.05) is 17.0 Å². The third-order valence-corrected chi connectivity index (χ3v) is 5.44. The summed E-state index contributed by atoms with van der Waals surface area (Å²) >= 11 is 0. The molecular weight excluding hydrogens is 344 g/mol. The summed E-state index contributed by atoms with van der Waals surface area (Å²) in [5.41, 5.74) is 2.91. The second-order valence-corrected chi connectivity index (χ2v) is 7.36. The number of carbonyl (C=O) groups excluding carboxylic acids is 1. The zero-order valence-corrected chi connectivity index (χ0v) is 16.0. The van der Waals surface area contributed by atoms with Crippen LogP contribution in [0.5, 0.6) is 11.5 Å². The zero-order chi connectivity index (χ0) is 18.8. The molecule has 2 aliphatic rings. The Morgan fingerprint density at radius 1 is 1.19 bits per heavy atom. The molecule has 1 atom stereocenters. The number of ketones is 1. The number of para-hydroxylation sites is 2. The molecule has 6 heteroatoms. The van der Waals surface area contributed by atoms with Crippen molar-refractivity contribution in [3.8, 4) is 11.5 Å². The van der Waals surface area contributed by atoms with Crippen LogP contribution in [0.3, 0.4) is 0 Å². The zero-order valence-electron chi connectivity index (χ0n) is 16.0. The number of fused-ring (bicyclic) bond motifs is 1. The SMILES string of the molecule is Cc1cc(C(=O)C[NH+]2CCOCC2)c(C)n1C[C@H]1COc2ccccc2O1. The summed E-state index contributed by atoms with van der Waals surface area (Å²) in [7, 11) is 0. The van der Waals surface area contributed by atoms with Crippen LogP contribution in [0.2, 0.25) is 0 Å². The Bertz CT molecular complexity index is 824. The first-order valence-corrected chi connectivity index (χ1v) is 9.61. The van der Waals surface area contributed by atoms with E-state index in [1.807, 2.05) is 44.2 Å². The van der Waals surface area contributed by atoms with Crippen molar-refractivity contribution in [2.45, 2.75) is 26.5 Å². The number of rotatable bonds is 5. The van der Waals surface area contributed by atoms with Crippen molar-refractivity contribution in [2.75, 3.05) is 39.5 Å². The second-order valence-electron chi connectivity index (χ2n) is 7.36. The van der Waals surface area contributed by atoms with Crippen LogP contribution in [-0.4, -0.2) is 55.9 Å². The molecule has 0 spiro atoms. The lowest BCUT2D eigenvalue weighted by Gasteiger charge is -2.27. The smallest absolute Gasteiger partial charge is 0.218 e. The number of nitrogens with zero attached hydrogens (tertiary/aromatic N) is 1. The number of nitrogens with one attached hydrogen (secondary N) is 1. The Hall–Kier alpha value is -2.31. The third-order valence-electron chi connectivity index (χ3n) is 5.44. The minimum atomic E-state index is -0.0717. The Morgan fingerprint density at radius 2 is 1.93 bits per heavy atom. The number of Topliss-reactive ketones (excluding diaryl/α,β-unsaturated/α-hetero) is 1. The fraction of sp³-hybridized carbons (Fsp3) is 0.476. The normalized spacial score (nSPS) is 19.9. The molecule has 0 aliphatic carbocycles. The van der Waals surface area contributed by atoms with Crippen LogP contribution in [0, 0.1) is 13.8 Å². The van der Waals surface area contributed by atoms with Gasteiger partial charge in [0.05, 0.1) is 19.8 Å². The predicted molar refractivity (Wildman–Crippen MR) is 101 cm³/mol. The molecule has 0 unspecified atom stereocenters. The van der Waals surface area contributed by atoms with E-state index in [0.717, 1.165) is 54.8 Å². The van der Waals surface area contributed by atoms with Gasteiger partial charge in [0.2, 0.25) is 5.78 Å². The fourth-order valence-corrected chi connectivity index (χ4v) is 3.88. The molecular formula is C21H27N2O4+. The van der Waals surface area contributed by atoms with E-state index in [4.69, 9.17) is 14.2 Å². The van der Waals surface area contributed by atoms with Crippen LogP contribution >= 0.6 is 0 Å². The molecule has 0 amide bonds. The Morgan fingerprint density at radius 3 is 2.70 bits per heavy atom. The van der Waals surface area contributed by atoms with E-state index in [1.54, 1.807) is 0 Å². The molecule has 2 aliphatic heterocycles. The van der Waals surface area contributed by atoms with Gasteiger partial charge in [-0.2, -0.15) is 0 Å². The Kier molecular flexibility index (Phi) is 5.18. The second kappa shape index (κ2) is 7.74. The molecule has 1 saturated heterocycles. The van der Waals surface area contributed by atoms with Crippen LogP contribution in [0.25, 0.3) is 0 Å². The largest absolute Gasteiger partial charge is 0.486 e. The van der Waals surface area contributed by atoms with Gasteiger partial charge in [0.25, 0.3) is 0 Å². The van der Waals surface area contributed by atoms with Crippen LogP contribution in [0.1, 0.15) is 21.7 Å². The predicted octanol–water partition coefficient (Wildman–Crippen LogP) is 1.04. The minimum Gasteiger partial charge on any atom is -0.486 e. The van der Waals surface area contributed by atoms with Gasteiger partial charge in [0.1, 0.15) is 26.2 Å². The third kappa shape index (κ3) is 3.87. The Labute approximate surface area is 159 Å². The summed E-state index contributed by atoms with van der Waals surface area (Å²) in [5, 5.41) is 0. The standard InChI is InChI=1S/C21H26N2O4/c1-15-11-18(19(24)13-22-7-9-25-10-8-22)16(2)23(15)12-17-14-26-20-5-3-4-6-21(20)27-17/h3-6,11,17H,7-10,12-14H2,1-2H3/p+1/t17-/m0/s1. The van der Waals surface area contributed by atoms with Crippen molar-refractivity contribution in [2.24, 2.45) is 0 Å². The van der Waals surface area contributed by atoms with Crippen molar-refractivity contribution >= 4 is 5.78 Å². The minimum absolute atomic E-state index is 0.0717. The highest BCUT2D eigenvalue weighted by Crippen LogP contribution is 2.31. The van der Waals surface area contributed by atoms with E-state index in [0.29, 0.717) is 19.7 Å². The molecule has 144 valence electrons. The van der Waals surface area contributed by atoms with Crippen LogP contribution in [0.15, 0.2) is 30.3 Å². The summed E-state index contributed by atoms with van der Waals surface area (Å²) in [6.45, 7) is 9.05. The summed E-state index contributed by atoms with van der Waals surface area (Å²) in [5.74, 6) is 1.78. The van der Waals surface area contributed by atoms with Crippen molar-refractivity contribution in [3.05, 3.63) is 47.3 Å². The van der Waals surface area contributed by atoms with Gasteiger partial charge in [-0.05, 0) is 32.0 Å². The molecule has 6 nitrogen and oxygen atoms in total. The van der Waals surface area contributed by atoms with Gasteiger partial charge in [-0.15, -0.1) is 0 Å². The van der Waals surface area contributed by atoms with Crippen molar-refractivity contribution in [1.82, 2.24) is 4.57 Å². The lowest BCUT2D eigenvalue weighted by molar-refractivity contribution is -0.899. The van der Waals surface area contributed by atoms with E-state index in [2.05, 4.69) is 4.57 Å². The van der Waals surface area contributed by atoms with Gasteiger partial charge in [-0.3, -0.25) is 4.79 Å². The molecule has 2 aromatic rings. The van der Waals surface area contributed by atoms with Gasteiger partial charge < -0.3 is 23.7 Å². The first-order chi connectivity index (χ1) is 13.1. The number of aryl methyl sites for hydroxylation is 1. The van der Waals surface area contributed by atoms with Crippen molar-refractivity contribution in [1.29, 1.82) is 0 Å². The number of morpholine rings is 1. The average molecular weight is 371 g/mol. The number of quaternary nitrogens is 1. The number of carbonyl (C=O) groups is 1. The topological polar surface area (TPSA) is 54.1 Å². The van der Waals surface area contributed by atoms with Crippen LogP contribution in [0.4, 0.5) is 0 Å². The molecule has 27 heavy (non-hydrogen) atoms. The molecule has 3 heterocycles. The average Bonchev–Trinajstić information content (AvgIpc) is 2.97. The van der Waals surface area contributed by atoms with Gasteiger partial charge in [-0.1, -0.05) is 12.1 Å². The molecule has 0 radical (unpaired) electrons. The molecule has 4 rings (SSSR count). The molecule has 0 bridgehead atoms. The highest BCUT2D eigenvalue weighted by atomic mass is 16.6.